The van der Waals surface area contributed by atoms with Crippen molar-refractivity contribution >= 4 is 17.5 Å². The number of carbonyl (C=O) groups excluding carboxylic acids is 2. The summed E-state index contributed by atoms with van der Waals surface area (Å²) in [4.78, 5) is 25.0. The van der Waals surface area contributed by atoms with Gasteiger partial charge in [-0.25, -0.2) is 4.39 Å². The Balaban J connectivity index is 1.70. The van der Waals surface area contributed by atoms with Crippen molar-refractivity contribution in [1.82, 2.24) is 5.32 Å². The van der Waals surface area contributed by atoms with Crippen molar-refractivity contribution < 1.29 is 18.7 Å². The zero-order chi connectivity index (χ0) is 20.1. The third kappa shape index (κ3) is 4.95. The molecule has 0 aliphatic carbocycles. The molecule has 1 aliphatic heterocycles. The number of ether oxygens (including phenoxy) is 1. The zero-order valence-electron chi connectivity index (χ0n) is 16.1. The molecule has 3 rings (SSSR count). The molecule has 2 unspecified atom stereocenters. The summed E-state index contributed by atoms with van der Waals surface area (Å²) in [7, 11) is 0. The third-order valence-electron chi connectivity index (χ3n) is 4.80. The van der Waals surface area contributed by atoms with E-state index < -0.39 is 6.10 Å². The van der Waals surface area contributed by atoms with Crippen molar-refractivity contribution in [3.8, 4) is 0 Å². The van der Waals surface area contributed by atoms with Gasteiger partial charge in [-0.15, -0.1) is 0 Å². The fourth-order valence-electron chi connectivity index (χ4n) is 3.27. The van der Waals surface area contributed by atoms with Crippen LogP contribution < -0.4 is 10.6 Å². The molecule has 2 atom stereocenters. The lowest BCUT2D eigenvalue weighted by molar-refractivity contribution is -0.124. The molecular weight excluding hydrogens is 359 g/mol. The van der Waals surface area contributed by atoms with E-state index in [0.29, 0.717) is 24.3 Å². The Morgan fingerprint density at radius 3 is 2.54 bits per heavy atom. The molecule has 2 amide bonds. The third-order valence-corrected chi connectivity index (χ3v) is 4.80. The molecule has 0 aromatic heterocycles. The number of carbonyl (C=O) groups is 2. The number of hydrogen-bond acceptors (Lipinski definition) is 3. The minimum Gasteiger partial charge on any atom is -0.368 e. The molecule has 28 heavy (non-hydrogen) atoms. The maximum atomic E-state index is 13.2. The lowest BCUT2D eigenvalue weighted by Crippen LogP contribution is -2.32. The molecular formula is C22H25FN2O3. The number of benzene rings is 2. The van der Waals surface area contributed by atoms with Gasteiger partial charge in [0.05, 0.1) is 6.04 Å². The number of hydrogen-bond donors (Lipinski definition) is 2. The highest BCUT2D eigenvalue weighted by molar-refractivity contribution is 5.98. The van der Waals surface area contributed by atoms with Gasteiger partial charge in [0.15, 0.2) is 0 Å². The lowest BCUT2D eigenvalue weighted by atomic mass is 9.95. The summed E-state index contributed by atoms with van der Waals surface area (Å²) in [5, 5.41) is 5.81. The summed E-state index contributed by atoms with van der Waals surface area (Å²) >= 11 is 0. The predicted octanol–water partition coefficient (Wildman–Crippen LogP) is 4.07. The van der Waals surface area contributed by atoms with E-state index in [9.17, 15) is 14.0 Å². The minimum atomic E-state index is -0.429. The van der Waals surface area contributed by atoms with Crippen molar-refractivity contribution in [1.29, 1.82) is 0 Å². The van der Waals surface area contributed by atoms with Crippen molar-refractivity contribution in [2.24, 2.45) is 5.92 Å². The van der Waals surface area contributed by atoms with Gasteiger partial charge in [0.2, 0.25) is 0 Å². The molecule has 6 heteroatoms. The molecule has 0 spiro atoms. The van der Waals surface area contributed by atoms with Crippen molar-refractivity contribution in [3.05, 3.63) is 65.5 Å². The first-order chi connectivity index (χ1) is 13.4. The highest BCUT2D eigenvalue weighted by Gasteiger charge is 2.24. The van der Waals surface area contributed by atoms with Crippen molar-refractivity contribution in [2.45, 2.75) is 38.8 Å². The Morgan fingerprint density at radius 1 is 1.14 bits per heavy atom. The molecule has 2 N–H and O–H groups in total. The number of anilines is 1. The average Bonchev–Trinajstić information content (AvgIpc) is 3.22. The molecule has 148 valence electrons. The Bertz CT molecular complexity index is 830. The Hall–Kier alpha value is -2.73. The molecule has 1 heterocycles. The molecule has 0 saturated carbocycles. The van der Waals surface area contributed by atoms with E-state index in [-0.39, 0.29) is 29.6 Å². The summed E-state index contributed by atoms with van der Waals surface area (Å²) in [6, 6.07) is 12.7. The van der Waals surface area contributed by atoms with Gasteiger partial charge >= 0.3 is 0 Å². The average molecular weight is 384 g/mol. The van der Waals surface area contributed by atoms with E-state index in [1.165, 1.54) is 12.1 Å². The smallest absolute Gasteiger partial charge is 0.253 e. The molecule has 2 aromatic rings. The fourth-order valence-corrected chi connectivity index (χ4v) is 3.27. The van der Waals surface area contributed by atoms with Gasteiger partial charge in [-0.05, 0) is 54.7 Å². The van der Waals surface area contributed by atoms with Crippen molar-refractivity contribution in [3.63, 3.8) is 0 Å². The van der Waals surface area contributed by atoms with E-state index in [1.807, 2.05) is 13.8 Å². The topological polar surface area (TPSA) is 67.4 Å². The van der Waals surface area contributed by atoms with Crippen LogP contribution in [-0.4, -0.2) is 24.5 Å². The van der Waals surface area contributed by atoms with E-state index in [4.69, 9.17) is 4.74 Å². The van der Waals surface area contributed by atoms with Crippen LogP contribution in [0.25, 0.3) is 0 Å². The van der Waals surface area contributed by atoms with Gasteiger partial charge < -0.3 is 15.4 Å². The lowest BCUT2D eigenvalue weighted by Gasteiger charge is -2.23. The molecule has 0 radical (unpaired) electrons. The minimum absolute atomic E-state index is 0.122. The van der Waals surface area contributed by atoms with Crippen LogP contribution in [-0.2, 0) is 9.53 Å². The van der Waals surface area contributed by atoms with Gasteiger partial charge in [-0.1, -0.05) is 32.0 Å². The van der Waals surface area contributed by atoms with E-state index in [2.05, 4.69) is 10.6 Å². The number of nitrogens with one attached hydrogen (secondary N) is 2. The maximum absolute atomic E-state index is 13.2. The summed E-state index contributed by atoms with van der Waals surface area (Å²) in [5.41, 5.74) is 1.83. The van der Waals surface area contributed by atoms with E-state index in [1.54, 1.807) is 36.4 Å². The van der Waals surface area contributed by atoms with Gasteiger partial charge in [-0.3, -0.25) is 9.59 Å². The maximum Gasteiger partial charge on any atom is 0.253 e. The van der Waals surface area contributed by atoms with Crippen LogP contribution in [0.3, 0.4) is 0 Å². The second-order valence-electron chi connectivity index (χ2n) is 7.32. The van der Waals surface area contributed by atoms with Gasteiger partial charge in [0, 0.05) is 17.9 Å². The Kier molecular flexibility index (Phi) is 6.41. The highest BCUT2D eigenvalue weighted by atomic mass is 19.1. The summed E-state index contributed by atoms with van der Waals surface area (Å²) < 4.78 is 18.6. The zero-order valence-corrected chi connectivity index (χ0v) is 16.1. The van der Waals surface area contributed by atoms with Crippen LogP contribution in [0.1, 0.15) is 48.7 Å². The van der Waals surface area contributed by atoms with Crippen LogP contribution >= 0.6 is 0 Å². The number of amides is 2. The van der Waals surface area contributed by atoms with E-state index in [0.717, 1.165) is 12.0 Å². The van der Waals surface area contributed by atoms with Crippen LogP contribution in [0.4, 0.5) is 10.1 Å². The van der Waals surface area contributed by atoms with Gasteiger partial charge in [-0.2, -0.15) is 0 Å². The second kappa shape index (κ2) is 8.97. The van der Waals surface area contributed by atoms with Crippen LogP contribution in [0.5, 0.6) is 0 Å². The molecule has 2 aromatic carbocycles. The largest absolute Gasteiger partial charge is 0.368 e. The molecule has 1 aliphatic rings. The van der Waals surface area contributed by atoms with Gasteiger partial charge in [0.25, 0.3) is 11.8 Å². The fraction of sp³-hybridized carbons (Fsp3) is 0.364. The molecule has 5 nitrogen and oxygen atoms in total. The quantitative estimate of drug-likeness (QED) is 0.789. The number of halogens is 1. The number of rotatable bonds is 6. The normalized spacial score (nSPS) is 17.4. The first-order valence-electron chi connectivity index (χ1n) is 9.53. The van der Waals surface area contributed by atoms with Crippen LogP contribution in [0, 0.1) is 11.7 Å². The Labute approximate surface area is 164 Å². The summed E-state index contributed by atoms with van der Waals surface area (Å²) in [5.74, 6) is -0.637. The Morgan fingerprint density at radius 2 is 1.89 bits per heavy atom. The predicted molar refractivity (Wildman–Crippen MR) is 105 cm³/mol. The second-order valence-corrected chi connectivity index (χ2v) is 7.32. The van der Waals surface area contributed by atoms with Gasteiger partial charge in [0.1, 0.15) is 11.9 Å². The monoisotopic (exact) mass is 384 g/mol. The summed E-state index contributed by atoms with van der Waals surface area (Å²) in [6.45, 7) is 4.58. The summed E-state index contributed by atoms with van der Waals surface area (Å²) in [6.07, 6.45) is 1.15. The molecule has 1 fully saturated rings. The molecule has 0 bridgehead atoms. The van der Waals surface area contributed by atoms with Crippen LogP contribution in [0.2, 0.25) is 0 Å². The van der Waals surface area contributed by atoms with Crippen LogP contribution in [0.15, 0.2) is 48.5 Å². The molecule has 1 saturated heterocycles. The highest BCUT2D eigenvalue weighted by Crippen LogP contribution is 2.23. The first-order valence-corrected chi connectivity index (χ1v) is 9.53. The standard InChI is InChI=1S/C22H25FN2O3/c1-14(2)20(15-8-10-17(23)11-9-15)25-21(26)16-5-3-6-18(13-16)24-22(27)19-7-4-12-28-19/h3,5-6,8-11,13-14,19-20H,4,7,12H2,1-2H3,(H,24,27)(H,25,26). The van der Waals surface area contributed by atoms with E-state index >= 15 is 0 Å². The first kappa shape index (κ1) is 20.0. The van der Waals surface area contributed by atoms with Crippen molar-refractivity contribution in [2.75, 3.05) is 11.9 Å². The SMILES string of the molecule is CC(C)C(NC(=O)c1cccc(NC(=O)C2CCCO2)c1)c1ccc(F)cc1.